The number of nitrogens with zero attached hydrogens (tertiary/aromatic N) is 3. The van der Waals surface area contributed by atoms with Gasteiger partial charge >= 0.3 is 0 Å². The minimum absolute atomic E-state index is 0.391. The largest absolute Gasteiger partial charge is 0.248 e. The molecule has 0 spiro atoms. The average molecular weight is 205 g/mol. The van der Waals surface area contributed by atoms with E-state index in [1.165, 1.54) is 0 Å². The molecule has 0 aliphatic carbocycles. The smallest absolute Gasteiger partial charge is 0.153 e. The SMILES string of the molecule is C=C/C(=N\c1c(C)cnn1CC)C(C)C. The molecule has 0 bridgehead atoms. The van der Waals surface area contributed by atoms with Crippen LogP contribution in [0.25, 0.3) is 0 Å². The van der Waals surface area contributed by atoms with E-state index in [2.05, 4.69) is 37.4 Å². The summed E-state index contributed by atoms with van der Waals surface area (Å²) in [5.41, 5.74) is 2.12. The van der Waals surface area contributed by atoms with E-state index in [0.717, 1.165) is 23.6 Å². The van der Waals surface area contributed by atoms with E-state index < -0.39 is 0 Å². The van der Waals surface area contributed by atoms with E-state index >= 15 is 0 Å². The Hall–Kier alpha value is -1.38. The van der Waals surface area contributed by atoms with Crippen LogP contribution in [0.4, 0.5) is 5.82 Å². The van der Waals surface area contributed by atoms with Gasteiger partial charge in [-0.25, -0.2) is 9.67 Å². The summed E-state index contributed by atoms with van der Waals surface area (Å²) in [6, 6.07) is 0. The van der Waals surface area contributed by atoms with Crippen molar-refractivity contribution in [3.63, 3.8) is 0 Å². The maximum Gasteiger partial charge on any atom is 0.153 e. The van der Waals surface area contributed by atoms with Crippen LogP contribution in [0, 0.1) is 12.8 Å². The third kappa shape index (κ3) is 2.55. The number of hydrogen-bond acceptors (Lipinski definition) is 2. The molecule has 0 fully saturated rings. The van der Waals surface area contributed by atoms with Gasteiger partial charge < -0.3 is 0 Å². The molecule has 0 radical (unpaired) electrons. The van der Waals surface area contributed by atoms with Crippen LogP contribution in [-0.2, 0) is 6.54 Å². The van der Waals surface area contributed by atoms with Gasteiger partial charge in [0.2, 0.25) is 0 Å². The second kappa shape index (κ2) is 4.91. The van der Waals surface area contributed by atoms with Gasteiger partial charge in [0.1, 0.15) is 0 Å². The molecule has 15 heavy (non-hydrogen) atoms. The fourth-order valence-corrected chi connectivity index (χ4v) is 1.38. The summed E-state index contributed by atoms with van der Waals surface area (Å²) in [6.45, 7) is 12.9. The van der Waals surface area contributed by atoms with Crippen molar-refractivity contribution in [3.8, 4) is 0 Å². The molecule has 1 aromatic heterocycles. The summed E-state index contributed by atoms with van der Waals surface area (Å²) in [5, 5.41) is 4.26. The Morgan fingerprint density at radius 3 is 2.80 bits per heavy atom. The van der Waals surface area contributed by atoms with Crippen LogP contribution >= 0.6 is 0 Å². The zero-order chi connectivity index (χ0) is 11.4. The van der Waals surface area contributed by atoms with Crippen molar-refractivity contribution in [2.75, 3.05) is 0 Å². The fraction of sp³-hybridized carbons (Fsp3) is 0.500. The first kappa shape index (κ1) is 11.7. The first-order valence-corrected chi connectivity index (χ1v) is 5.33. The molecular formula is C12H19N3. The van der Waals surface area contributed by atoms with Gasteiger partial charge in [0, 0.05) is 17.8 Å². The van der Waals surface area contributed by atoms with Crippen LogP contribution in [0.2, 0.25) is 0 Å². The Morgan fingerprint density at radius 2 is 2.33 bits per heavy atom. The molecule has 1 rings (SSSR count). The standard InChI is InChI=1S/C12H19N3/c1-6-11(9(3)4)14-12-10(5)8-13-15(12)7-2/h6,8-9H,1,7H2,2-5H3/b14-11+. The molecule has 82 valence electrons. The van der Waals surface area contributed by atoms with Crippen molar-refractivity contribution in [2.24, 2.45) is 10.9 Å². The molecule has 0 N–H and O–H groups in total. The molecule has 0 saturated heterocycles. The van der Waals surface area contributed by atoms with Gasteiger partial charge in [-0.05, 0) is 25.8 Å². The minimum atomic E-state index is 0.391. The fourth-order valence-electron chi connectivity index (χ4n) is 1.38. The lowest BCUT2D eigenvalue weighted by Crippen LogP contribution is -2.04. The van der Waals surface area contributed by atoms with Gasteiger partial charge in [0.05, 0.1) is 6.20 Å². The summed E-state index contributed by atoms with van der Waals surface area (Å²) in [6.07, 6.45) is 3.67. The number of aryl methyl sites for hydroxylation is 2. The van der Waals surface area contributed by atoms with Crippen molar-refractivity contribution in [2.45, 2.75) is 34.2 Å². The molecule has 0 atom stereocenters. The minimum Gasteiger partial charge on any atom is -0.248 e. The molecular weight excluding hydrogens is 186 g/mol. The second-order valence-electron chi connectivity index (χ2n) is 3.86. The average Bonchev–Trinajstić information content (AvgIpc) is 2.55. The van der Waals surface area contributed by atoms with Crippen LogP contribution in [0.5, 0.6) is 0 Å². The monoisotopic (exact) mass is 205 g/mol. The highest BCUT2D eigenvalue weighted by atomic mass is 15.3. The highest BCUT2D eigenvalue weighted by molar-refractivity contribution is 5.97. The number of aliphatic imine (C=N–C) groups is 1. The molecule has 0 amide bonds. The van der Waals surface area contributed by atoms with Gasteiger partial charge in [-0.15, -0.1) is 0 Å². The number of rotatable bonds is 4. The summed E-state index contributed by atoms with van der Waals surface area (Å²) >= 11 is 0. The topological polar surface area (TPSA) is 30.2 Å². The van der Waals surface area contributed by atoms with E-state index in [0.29, 0.717) is 5.92 Å². The van der Waals surface area contributed by atoms with Gasteiger partial charge in [-0.3, -0.25) is 0 Å². The van der Waals surface area contributed by atoms with E-state index in [1.807, 2.05) is 23.9 Å². The second-order valence-corrected chi connectivity index (χ2v) is 3.86. The van der Waals surface area contributed by atoms with Gasteiger partial charge in [0.15, 0.2) is 5.82 Å². The molecule has 1 heterocycles. The van der Waals surface area contributed by atoms with Gasteiger partial charge in [-0.2, -0.15) is 5.10 Å². The van der Waals surface area contributed by atoms with Crippen molar-refractivity contribution in [1.82, 2.24) is 9.78 Å². The lowest BCUT2D eigenvalue weighted by molar-refractivity contribution is 0.663. The van der Waals surface area contributed by atoms with E-state index in [4.69, 9.17) is 0 Å². The Morgan fingerprint density at radius 1 is 1.67 bits per heavy atom. The maximum absolute atomic E-state index is 4.61. The van der Waals surface area contributed by atoms with E-state index in [9.17, 15) is 0 Å². The Bertz CT molecular complexity index is 372. The van der Waals surface area contributed by atoms with Crippen LogP contribution in [0.3, 0.4) is 0 Å². The third-order valence-electron chi connectivity index (χ3n) is 2.32. The summed E-state index contributed by atoms with van der Waals surface area (Å²) < 4.78 is 1.90. The molecule has 0 aliphatic rings. The van der Waals surface area contributed by atoms with Crippen LogP contribution < -0.4 is 0 Å². The van der Waals surface area contributed by atoms with E-state index in [-0.39, 0.29) is 0 Å². The predicted octanol–water partition coefficient (Wildman–Crippen LogP) is 3.13. The van der Waals surface area contributed by atoms with Crippen molar-refractivity contribution in [1.29, 1.82) is 0 Å². The first-order chi connectivity index (χ1) is 7.10. The molecule has 0 aromatic carbocycles. The molecule has 3 nitrogen and oxygen atoms in total. The summed E-state index contributed by atoms with van der Waals surface area (Å²) in [5.74, 6) is 1.34. The van der Waals surface area contributed by atoms with E-state index in [1.54, 1.807) is 0 Å². The molecule has 3 heteroatoms. The Balaban J connectivity index is 3.15. The van der Waals surface area contributed by atoms with Crippen LogP contribution in [0.1, 0.15) is 26.3 Å². The molecule has 0 unspecified atom stereocenters. The van der Waals surface area contributed by atoms with Gasteiger partial charge in [0.25, 0.3) is 0 Å². The Labute approximate surface area is 91.5 Å². The molecule has 0 aliphatic heterocycles. The molecule has 1 aromatic rings. The van der Waals surface area contributed by atoms with Crippen LogP contribution in [-0.4, -0.2) is 15.5 Å². The first-order valence-electron chi connectivity index (χ1n) is 5.33. The predicted molar refractivity (Wildman–Crippen MR) is 64.8 cm³/mol. The van der Waals surface area contributed by atoms with Crippen molar-refractivity contribution in [3.05, 3.63) is 24.4 Å². The lowest BCUT2D eigenvalue weighted by Gasteiger charge is -2.06. The van der Waals surface area contributed by atoms with Crippen molar-refractivity contribution >= 4 is 11.5 Å². The van der Waals surface area contributed by atoms with Crippen LogP contribution in [0.15, 0.2) is 23.8 Å². The molecule has 0 saturated carbocycles. The number of allylic oxidation sites excluding steroid dienone is 1. The van der Waals surface area contributed by atoms with Gasteiger partial charge in [-0.1, -0.05) is 20.4 Å². The summed E-state index contributed by atoms with van der Waals surface area (Å²) in [4.78, 5) is 4.61. The Kier molecular flexibility index (Phi) is 3.83. The highest BCUT2D eigenvalue weighted by Crippen LogP contribution is 2.19. The highest BCUT2D eigenvalue weighted by Gasteiger charge is 2.07. The zero-order valence-corrected chi connectivity index (χ0v) is 9.99. The summed E-state index contributed by atoms with van der Waals surface area (Å²) in [7, 11) is 0. The number of hydrogen-bond donors (Lipinski definition) is 0. The zero-order valence-electron chi connectivity index (χ0n) is 9.99. The number of aromatic nitrogens is 2. The lowest BCUT2D eigenvalue weighted by atomic mass is 10.1. The maximum atomic E-state index is 4.61. The quantitative estimate of drug-likeness (QED) is 0.694. The van der Waals surface area contributed by atoms with Crippen molar-refractivity contribution < 1.29 is 0 Å². The normalized spacial score (nSPS) is 12.2. The third-order valence-corrected chi connectivity index (χ3v) is 2.32.